The first-order valence-corrected chi connectivity index (χ1v) is 3.37. The van der Waals surface area contributed by atoms with Crippen LogP contribution >= 0.6 is 0 Å². The zero-order valence-electron chi connectivity index (χ0n) is 6.51. The fraction of sp³-hybridized carbons (Fsp3) is 0.143. The van der Waals surface area contributed by atoms with Crippen LogP contribution in [-0.2, 0) is 9.59 Å². The number of rotatable bonds is 3. The highest BCUT2D eigenvalue weighted by molar-refractivity contribution is 5.90. The van der Waals surface area contributed by atoms with Gasteiger partial charge in [-0.05, 0) is 0 Å². The van der Waals surface area contributed by atoms with Crippen molar-refractivity contribution >= 4 is 11.9 Å². The van der Waals surface area contributed by atoms with E-state index in [0.29, 0.717) is 0 Å². The zero-order chi connectivity index (χ0) is 9.68. The van der Waals surface area contributed by atoms with Gasteiger partial charge in [0.15, 0.2) is 0 Å². The number of aromatic nitrogens is 2. The fourth-order valence-electron chi connectivity index (χ4n) is 0.614. The smallest absolute Gasteiger partial charge is 0.323 e. The molecule has 0 aliphatic heterocycles. The number of carboxylic acid groups (broad SMARTS) is 1. The lowest BCUT2D eigenvalue weighted by Crippen LogP contribution is -2.13. The summed E-state index contributed by atoms with van der Waals surface area (Å²) in [6, 6.07) is 0. The Morgan fingerprint density at radius 3 is 2.77 bits per heavy atom. The van der Waals surface area contributed by atoms with Crippen LogP contribution in [0.15, 0.2) is 18.6 Å². The van der Waals surface area contributed by atoms with E-state index in [0.717, 1.165) is 0 Å². The maximum atomic E-state index is 10.8. The van der Waals surface area contributed by atoms with Gasteiger partial charge in [-0.3, -0.25) is 14.6 Å². The standard InChI is InChI=1S/C7H6N2O4/c10-6(11)3-7(12)13-5-4-8-1-2-9-5/h1-2,4H,3H2,(H,10,11). The van der Waals surface area contributed by atoms with Crippen molar-refractivity contribution < 1.29 is 19.4 Å². The van der Waals surface area contributed by atoms with E-state index in [1.54, 1.807) is 0 Å². The summed E-state index contributed by atoms with van der Waals surface area (Å²) >= 11 is 0. The second kappa shape index (κ2) is 4.15. The molecule has 0 radical (unpaired) electrons. The van der Waals surface area contributed by atoms with E-state index in [-0.39, 0.29) is 5.88 Å². The lowest BCUT2D eigenvalue weighted by Gasteiger charge is -1.98. The quantitative estimate of drug-likeness (QED) is 0.516. The predicted octanol–water partition coefficient (Wildman–Crippen LogP) is -0.143. The van der Waals surface area contributed by atoms with Crippen molar-refractivity contribution in [1.29, 1.82) is 0 Å². The SMILES string of the molecule is O=C(O)CC(=O)Oc1cnccn1. The van der Waals surface area contributed by atoms with E-state index in [9.17, 15) is 9.59 Å². The molecule has 68 valence electrons. The zero-order valence-corrected chi connectivity index (χ0v) is 6.51. The molecule has 0 aromatic carbocycles. The highest BCUT2D eigenvalue weighted by atomic mass is 16.5. The molecule has 0 aliphatic carbocycles. The van der Waals surface area contributed by atoms with Crippen LogP contribution < -0.4 is 4.74 Å². The highest BCUT2D eigenvalue weighted by Gasteiger charge is 2.10. The molecule has 0 aliphatic rings. The Hall–Kier alpha value is -1.98. The largest absolute Gasteiger partial charge is 0.481 e. The molecule has 0 saturated carbocycles. The Balaban J connectivity index is 2.50. The summed E-state index contributed by atoms with van der Waals surface area (Å²) in [6.45, 7) is 0. The Morgan fingerprint density at radius 2 is 2.23 bits per heavy atom. The molecule has 0 saturated heterocycles. The van der Waals surface area contributed by atoms with E-state index >= 15 is 0 Å². The average Bonchev–Trinajstić information content (AvgIpc) is 2.04. The fourth-order valence-corrected chi connectivity index (χ4v) is 0.614. The number of hydrogen-bond acceptors (Lipinski definition) is 5. The third kappa shape index (κ3) is 3.28. The molecule has 0 atom stereocenters. The summed E-state index contributed by atoms with van der Waals surface area (Å²) in [5.41, 5.74) is 0. The molecule has 13 heavy (non-hydrogen) atoms. The molecule has 1 rings (SSSR count). The van der Waals surface area contributed by atoms with Gasteiger partial charge in [0, 0.05) is 12.4 Å². The third-order valence-corrected chi connectivity index (χ3v) is 1.05. The van der Waals surface area contributed by atoms with Crippen molar-refractivity contribution in [2.75, 3.05) is 0 Å². The summed E-state index contributed by atoms with van der Waals surface area (Å²) in [5.74, 6) is -2.12. The lowest BCUT2D eigenvalue weighted by atomic mass is 10.4. The molecule has 0 spiro atoms. The van der Waals surface area contributed by atoms with Gasteiger partial charge < -0.3 is 9.84 Å². The minimum atomic E-state index is -1.24. The van der Waals surface area contributed by atoms with Crippen molar-refractivity contribution in [3.63, 3.8) is 0 Å². The number of aliphatic carboxylic acids is 1. The van der Waals surface area contributed by atoms with Crippen LogP contribution in [0, 0.1) is 0 Å². The number of esters is 1. The molecule has 1 heterocycles. The molecular weight excluding hydrogens is 176 g/mol. The second-order valence-electron chi connectivity index (χ2n) is 2.09. The van der Waals surface area contributed by atoms with Gasteiger partial charge in [0.05, 0.1) is 6.20 Å². The summed E-state index contributed by atoms with van der Waals surface area (Å²) in [4.78, 5) is 28.1. The molecule has 1 aromatic heterocycles. The van der Waals surface area contributed by atoms with Gasteiger partial charge >= 0.3 is 11.9 Å². The minimum Gasteiger partial charge on any atom is -0.481 e. The van der Waals surface area contributed by atoms with Crippen molar-refractivity contribution in [1.82, 2.24) is 9.97 Å². The van der Waals surface area contributed by atoms with Crippen LogP contribution in [0.5, 0.6) is 5.88 Å². The molecule has 0 fully saturated rings. The van der Waals surface area contributed by atoms with E-state index in [2.05, 4.69) is 14.7 Å². The van der Waals surface area contributed by atoms with E-state index in [1.165, 1.54) is 18.6 Å². The number of ether oxygens (including phenoxy) is 1. The van der Waals surface area contributed by atoms with Crippen LogP contribution in [0.2, 0.25) is 0 Å². The summed E-state index contributed by atoms with van der Waals surface area (Å²) in [7, 11) is 0. The molecule has 0 bridgehead atoms. The van der Waals surface area contributed by atoms with Crippen molar-refractivity contribution in [2.45, 2.75) is 6.42 Å². The third-order valence-electron chi connectivity index (χ3n) is 1.05. The Bertz CT molecular complexity index is 312. The molecular formula is C7H6N2O4. The van der Waals surface area contributed by atoms with E-state index in [1.807, 2.05) is 0 Å². The van der Waals surface area contributed by atoms with Gasteiger partial charge in [0.1, 0.15) is 6.42 Å². The highest BCUT2D eigenvalue weighted by Crippen LogP contribution is 2.01. The maximum absolute atomic E-state index is 10.8. The minimum absolute atomic E-state index is 0.00579. The first kappa shape index (κ1) is 9.11. The van der Waals surface area contributed by atoms with Gasteiger partial charge in [0.2, 0.25) is 5.88 Å². The summed E-state index contributed by atoms with van der Waals surface area (Å²) in [5, 5.41) is 8.23. The molecule has 6 heteroatoms. The van der Waals surface area contributed by atoms with Crippen molar-refractivity contribution in [2.24, 2.45) is 0 Å². The first-order valence-electron chi connectivity index (χ1n) is 3.37. The normalized spacial score (nSPS) is 9.23. The number of hydrogen-bond donors (Lipinski definition) is 1. The van der Waals surface area contributed by atoms with E-state index in [4.69, 9.17) is 5.11 Å². The summed E-state index contributed by atoms with van der Waals surface area (Å²) < 4.78 is 4.53. The molecule has 0 amide bonds. The lowest BCUT2D eigenvalue weighted by molar-refractivity contribution is -0.145. The van der Waals surface area contributed by atoms with Crippen LogP contribution in [0.3, 0.4) is 0 Å². The molecule has 1 aromatic rings. The van der Waals surface area contributed by atoms with Crippen LogP contribution in [0.4, 0.5) is 0 Å². The van der Waals surface area contributed by atoms with Gasteiger partial charge in [-0.1, -0.05) is 0 Å². The average molecular weight is 182 g/mol. The molecule has 6 nitrogen and oxygen atoms in total. The number of carbonyl (C=O) groups excluding carboxylic acids is 1. The topological polar surface area (TPSA) is 89.4 Å². The van der Waals surface area contributed by atoms with E-state index < -0.39 is 18.4 Å². The van der Waals surface area contributed by atoms with Crippen molar-refractivity contribution in [3.05, 3.63) is 18.6 Å². The van der Waals surface area contributed by atoms with Crippen LogP contribution in [0.1, 0.15) is 6.42 Å². The van der Waals surface area contributed by atoms with Crippen LogP contribution in [0.25, 0.3) is 0 Å². The van der Waals surface area contributed by atoms with Gasteiger partial charge in [-0.15, -0.1) is 0 Å². The van der Waals surface area contributed by atoms with Crippen LogP contribution in [-0.4, -0.2) is 27.0 Å². The Morgan fingerprint density at radius 1 is 1.46 bits per heavy atom. The molecule has 1 N–H and O–H groups in total. The monoisotopic (exact) mass is 182 g/mol. The van der Waals surface area contributed by atoms with Crippen molar-refractivity contribution in [3.8, 4) is 5.88 Å². The molecule has 0 unspecified atom stereocenters. The second-order valence-corrected chi connectivity index (χ2v) is 2.09. The Labute approximate surface area is 73.2 Å². The number of nitrogens with zero attached hydrogens (tertiary/aromatic N) is 2. The number of carboxylic acids is 1. The summed E-state index contributed by atoms with van der Waals surface area (Å²) in [6.07, 6.45) is 3.29. The van der Waals surface area contributed by atoms with Gasteiger partial charge in [0.25, 0.3) is 0 Å². The first-order chi connectivity index (χ1) is 6.18. The van der Waals surface area contributed by atoms with Gasteiger partial charge in [-0.25, -0.2) is 4.98 Å². The Kier molecular flexibility index (Phi) is 2.91. The predicted molar refractivity (Wildman–Crippen MR) is 39.9 cm³/mol. The maximum Gasteiger partial charge on any atom is 0.323 e. The van der Waals surface area contributed by atoms with Gasteiger partial charge in [-0.2, -0.15) is 0 Å². The number of carbonyl (C=O) groups is 2.